The van der Waals surface area contributed by atoms with Crippen LogP contribution in [-0.4, -0.2) is 61.9 Å². The molecule has 1 fully saturated rings. The first-order valence-electron chi connectivity index (χ1n) is 11.3. The van der Waals surface area contributed by atoms with Gasteiger partial charge in [0, 0.05) is 19.6 Å². The highest BCUT2D eigenvalue weighted by Crippen LogP contribution is 2.37. The van der Waals surface area contributed by atoms with Crippen molar-refractivity contribution >= 4 is 5.97 Å². The monoisotopic (exact) mass is 414 g/mol. The van der Waals surface area contributed by atoms with Crippen LogP contribution in [0.3, 0.4) is 0 Å². The van der Waals surface area contributed by atoms with Crippen LogP contribution in [0.5, 0.6) is 0 Å². The highest BCUT2D eigenvalue weighted by Gasteiger charge is 2.40. The van der Waals surface area contributed by atoms with Gasteiger partial charge in [-0.2, -0.15) is 0 Å². The van der Waals surface area contributed by atoms with Gasteiger partial charge in [-0.3, -0.25) is 4.79 Å². The molecule has 1 aliphatic rings. The van der Waals surface area contributed by atoms with Gasteiger partial charge in [-0.25, -0.2) is 0 Å². The van der Waals surface area contributed by atoms with E-state index in [1.807, 2.05) is 0 Å². The molecular formula is C23H42O6. The standard InChI is InChI=1S/C23H42O6/c1-3-4-10-14-28-16-17-29-15-13-20-19(21(24)18-22(20)25)11-8-6-5-7-9-12-23(26)27-2/h6,8,19-22,24-25H,3-5,7,9-18H2,1-2H3/b8-6-/t19?,20?,21-,22+/m0/s1. The Morgan fingerprint density at radius 1 is 0.931 bits per heavy atom. The van der Waals surface area contributed by atoms with E-state index in [4.69, 9.17) is 9.47 Å². The predicted molar refractivity (Wildman–Crippen MR) is 114 cm³/mol. The van der Waals surface area contributed by atoms with Crippen molar-refractivity contribution in [1.29, 1.82) is 0 Å². The second-order valence-electron chi connectivity index (χ2n) is 7.95. The average Bonchev–Trinajstić information content (AvgIpc) is 2.98. The lowest BCUT2D eigenvalue weighted by Crippen LogP contribution is -2.23. The van der Waals surface area contributed by atoms with Crippen molar-refractivity contribution < 1.29 is 29.2 Å². The Morgan fingerprint density at radius 3 is 2.38 bits per heavy atom. The van der Waals surface area contributed by atoms with Crippen molar-refractivity contribution in [1.82, 2.24) is 0 Å². The second-order valence-corrected chi connectivity index (χ2v) is 7.95. The second kappa shape index (κ2) is 16.8. The van der Waals surface area contributed by atoms with Gasteiger partial charge < -0.3 is 24.4 Å². The number of methoxy groups -OCH3 is 1. The van der Waals surface area contributed by atoms with Crippen molar-refractivity contribution in [3.05, 3.63) is 12.2 Å². The summed E-state index contributed by atoms with van der Waals surface area (Å²) in [4.78, 5) is 11.1. The van der Waals surface area contributed by atoms with Crippen molar-refractivity contribution in [3.63, 3.8) is 0 Å². The lowest BCUT2D eigenvalue weighted by atomic mass is 9.88. The quantitative estimate of drug-likeness (QED) is 0.215. The molecule has 0 aliphatic heterocycles. The highest BCUT2D eigenvalue weighted by atomic mass is 16.5. The fraction of sp³-hybridized carbons (Fsp3) is 0.870. The molecule has 29 heavy (non-hydrogen) atoms. The summed E-state index contributed by atoms with van der Waals surface area (Å²) in [7, 11) is 1.41. The number of aliphatic hydroxyl groups is 2. The van der Waals surface area contributed by atoms with E-state index >= 15 is 0 Å². The Bertz CT molecular complexity index is 439. The summed E-state index contributed by atoms with van der Waals surface area (Å²) in [5.41, 5.74) is 0. The molecule has 6 nitrogen and oxygen atoms in total. The first-order chi connectivity index (χ1) is 14.1. The zero-order valence-electron chi connectivity index (χ0n) is 18.4. The van der Waals surface area contributed by atoms with Gasteiger partial charge in [0.25, 0.3) is 0 Å². The number of aliphatic hydroxyl groups excluding tert-OH is 2. The number of hydrogen-bond donors (Lipinski definition) is 2. The normalized spacial score (nSPS) is 24.4. The van der Waals surface area contributed by atoms with E-state index in [9.17, 15) is 15.0 Å². The molecule has 1 rings (SSSR count). The van der Waals surface area contributed by atoms with Gasteiger partial charge in [0.15, 0.2) is 0 Å². The lowest BCUT2D eigenvalue weighted by molar-refractivity contribution is -0.140. The van der Waals surface area contributed by atoms with Crippen LogP contribution in [0.15, 0.2) is 12.2 Å². The molecule has 0 spiro atoms. The summed E-state index contributed by atoms with van der Waals surface area (Å²) < 4.78 is 15.8. The number of carbonyl (C=O) groups is 1. The molecule has 0 aromatic carbocycles. The van der Waals surface area contributed by atoms with E-state index in [0.717, 1.165) is 45.1 Å². The number of hydrogen-bond acceptors (Lipinski definition) is 6. The van der Waals surface area contributed by atoms with Crippen LogP contribution in [0.1, 0.15) is 71.1 Å². The molecule has 4 atom stereocenters. The van der Waals surface area contributed by atoms with Crippen LogP contribution in [0.4, 0.5) is 0 Å². The Labute approximate surface area is 176 Å². The van der Waals surface area contributed by atoms with Crippen LogP contribution in [-0.2, 0) is 19.0 Å². The largest absolute Gasteiger partial charge is 0.469 e. The molecule has 0 bridgehead atoms. The van der Waals surface area contributed by atoms with E-state index < -0.39 is 12.2 Å². The van der Waals surface area contributed by atoms with Crippen molar-refractivity contribution in [2.75, 3.05) is 33.5 Å². The molecule has 170 valence electrons. The maximum absolute atomic E-state index is 11.1. The summed E-state index contributed by atoms with van der Waals surface area (Å²) in [5, 5.41) is 20.6. The van der Waals surface area contributed by atoms with E-state index in [2.05, 4.69) is 23.8 Å². The van der Waals surface area contributed by atoms with E-state index in [1.165, 1.54) is 20.0 Å². The molecule has 2 N–H and O–H groups in total. The number of esters is 1. The minimum absolute atomic E-state index is 0.0689. The Hall–Kier alpha value is -0.950. The van der Waals surface area contributed by atoms with E-state index in [-0.39, 0.29) is 17.8 Å². The smallest absolute Gasteiger partial charge is 0.305 e. The zero-order chi connectivity index (χ0) is 21.3. The fourth-order valence-corrected chi connectivity index (χ4v) is 3.91. The fourth-order valence-electron chi connectivity index (χ4n) is 3.91. The summed E-state index contributed by atoms with van der Waals surface area (Å²) in [5.74, 6) is -0.0187. The molecule has 1 saturated carbocycles. The number of rotatable bonds is 17. The molecular weight excluding hydrogens is 372 g/mol. The number of unbranched alkanes of at least 4 members (excludes halogenated alkanes) is 4. The molecule has 0 heterocycles. The Kier molecular flexibility index (Phi) is 15.1. The lowest BCUT2D eigenvalue weighted by Gasteiger charge is -2.22. The van der Waals surface area contributed by atoms with Gasteiger partial charge in [-0.1, -0.05) is 31.9 Å². The molecule has 2 unspecified atom stereocenters. The summed E-state index contributed by atoms with van der Waals surface area (Å²) in [6.45, 7) is 4.74. The third kappa shape index (κ3) is 11.7. The molecule has 1 aliphatic carbocycles. The maximum Gasteiger partial charge on any atom is 0.305 e. The predicted octanol–water partition coefficient (Wildman–Crippen LogP) is 3.64. The molecule has 0 amide bonds. The van der Waals surface area contributed by atoms with Crippen LogP contribution in [0, 0.1) is 11.8 Å². The summed E-state index contributed by atoms with van der Waals surface area (Å²) >= 11 is 0. The van der Waals surface area contributed by atoms with Crippen LogP contribution in [0.2, 0.25) is 0 Å². The van der Waals surface area contributed by atoms with Gasteiger partial charge in [0.2, 0.25) is 0 Å². The summed E-state index contributed by atoms with van der Waals surface area (Å²) in [6, 6.07) is 0. The van der Waals surface area contributed by atoms with Gasteiger partial charge in [-0.05, 0) is 56.8 Å². The summed E-state index contributed by atoms with van der Waals surface area (Å²) in [6.07, 6.45) is 11.9. The minimum atomic E-state index is -0.461. The minimum Gasteiger partial charge on any atom is -0.469 e. The van der Waals surface area contributed by atoms with Crippen LogP contribution < -0.4 is 0 Å². The number of ether oxygens (including phenoxy) is 3. The van der Waals surface area contributed by atoms with Crippen LogP contribution >= 0.6 is 0 Å². The number of allylic oxidation sites excluding steroid dienone is 2. The third-order valence-corrected chi connectivity index (χ3v) is 5.69. The highest BCUT2D eigenvalue weighted by molar-refractivity contribution is 5.68. The van der Waals surface area contributed by atoms with Crippen LogP contribution in [0.25, 0.3) is 0 Å². The van der Waals surface area contributed by atoms with Crippen molar-refractivity contribution in [3.8, 4) is 0 Å². The van der Waals surface area contributed by atoms with Gasteiger partial charge in [0.05, 0.1) is 32.5 Å². The Balaban J connectivity index is 2.17. The third-order valence-electron chi connectivity index (χ3n) is 5.69. The van der Waals surface area contributed by atoms with E-state index in [0.29, 0.717) is 32.7 Å². The average molecular weight is 415 g/mol. The Morgan fingerprint density at radius 2 is 1.66 bits per heavy atom. The van der Waals surface area contributed by atoms with Crippen molar-refractivity contribution in [2.24, 2.45) is 11.8 Å². The first-order valence-corrected chi connectivity index (χ1v) is 11.3. The van der Waals surface area contributed by atoms with E-state index in [1.54, 1.807) is 0 Å². The molecule has 0 radical (unpaired) electrons. The first kappa shape index (κ1) is 26.1. The zero-order valence-corrected chi connectivity index (χ0v) is 18.4. The van der Waals surface area contributed by atoms with Gasteiger partial charge >= 0.3 is 5.97 Å². The molecule has 0 saturated heterocycles. The SMILES string of the molecule is CCCCCOCCOCCC1C(C/C=C\CCCCC(=O)OC)[C@@H](O)C[C@H]1O. The molecule has 6 heteroatoms. The van der Waals surface area contributed by atoms with Gasteiger partial charge in [-0.15, -0.1) is 0 Å². The van der Waals surface area contributed by atoms with Gasteiger partial charge in [0.1, 0.15) is 0 Å². The molecule has 0 aromatic heterocycles. The number of carbonyl (C=O) groups excluding carboxylic acids is 1. The maximum atomic E-state index is 11.1. The molecule has 0 aromatic rings. The topological polar surface area (TPSA) is 85.2 Å². The van der Waals surface area contributed by atoms with Crippen molar-refractivity contribution in [2.45, 2.75) is 83.3 Å².